The summed E-state index contributed by atoms with van der Waals surface area (Å²) in [7, 11) is 4.57. The van der Waals surface area contributed by atoms with Crippen molar-refractivity contribution in [2.24, 2.45) is 0 Å². The van der Waals surface area contributed by atoms with Crippen molar-refractivity contribution in [1.82, 2.24) is 10.2 Å². The Labute approximate surface area is 205 Å². The first-order chi connectivity index (χ1) is 17.0. The molecule has 0 spiro atoms. The van der Waals surface area contributed by atoms with E-state index in [9.17, 15) is 9.59 Å². The Kier molecular flexibility index (Phi) is 7.67. The first-order valence-electron chi connectivity index (χ1n) is 11.5. The van der Waals surface area contributed by atoms with Crippen molar-refractivity contribution in [3.63, 3.8) is 0 Å². The summed E-state index contributed by atoms with van der Waals surface area (Å²) >= 11 is 0. The second-order valence-corrected chi connectivity index (χ2v) is 8.44. The van der Waals surface area contributed by atoms with Crippen LogP contribution in [0.3, 0.4) is 0 Å². The van der Waals surface area contributed by atoms with E-state index in [1.807, 2.05) is 77.7 Å². The summed E-state index contributed by atoms with van der Waals surface area (Å²) in [5, 5.41) is 3.14. The van der Waals surface area contributed by atoms with Crippen molar-refractivity contribution in [2.75, 3.05) is 27.9 Å². The highest BCUT2D eigenvalue weighted by Gasteiger charge is 2.38. The smallest absolute Gasteiger partial charge is 0.323 e. The highest BCUT2D eigenvalue weighted by molar-refractivity contribution is 6.01. The number of amides is 1. The van der Waals surface area contributed by atoms with E-state index < -0.39 is 6.04 Å². The molecule has 0 saturated carbocycles. The lowest BCUT2D eigenvalue weighted by molar-refractivity contribution is -0.146. The van der Waals surface area contributed by atoms with Gasteiger partial charge in [-0.05, 0) is 29.7 Å². The largest absolute Gasteiger partial charge is 0.493 e. The number of benzene rings is 3. The van der Waals surface area contributed by atoms with Gasteiger partial charge in [0.25, 0.3) is 5.91 Å². The summed E-state index contributed by atoms with van der Waals surface area (Å²) in [4.78, 5) is 27.9. The molecular formula is C28H30N2O5. The van der Waals surface area contributed by atoms with Gasteiger partial charge < -0.3 is 19.5 Å². The maximum Gasteiger partial charge on any atom is 0.323 e. The highest BCUT2D eigenvalue weighted by Crippen LogP contribution is 2.33. The number of rotatable bonds is 8. The van der Waals surface area contributed by atoms with Gasteiger partial charge in [0.15, 0.2) is 11.5 Å². The number of hydrogen-bond donors (Lipinski definition) is 1. The van der Waals surface area contributed by atoms with E-state index in [0.29, 0.717) is 36.6 Å². The zero-order valence-corrected chi connectivity index (χ0v) is 20.2. The Hall–Kier alpha value is -3.84. The van der Waals surface area contributed by atoms with E-state index in [4.69, 9.17) is 14.2 Å². The van der Waals surface area contributed by atoms with Crippen molar-refractivity contribution < 1.29 is 23.8 Å². The molecule has 1 saturated heterocycles. The second kappa shape index (κ2) is 11.1. The molecule has 0 unspecified atom stereocenters. The number of likely N-dealkylation sites (tertiary alicyclic amines) is 1. The lowest BCUT2D eigenvalue weighted by Gasteiger charge is -2.23. The second-order valence-electron chi connectivity index (χ2n) is 8.44. The summed E-state index contributed by atoms with van der Waals surface area (Å²) in [6.07, 6.45) is 0.457. The van der Waals surface area contributed by atoms with Crippen molar-refractivity contribution in [2.45, 2.75) is 25.0 Å². The quantitative estimate of drug-likeness (QED) is 0.499. The van der Waals surface area contributed by atoms with Gasteiger partial charge in [-0.15, -0.1) is 0 Å². The van der Waals surface area contributed by atoms with Gasteiger partial charge in [0.2, 0.25) is 0 Å². The Morgan fingerprint density at radius 2 is 1.66 bits per heavy atom. The monoisotopic (exact) mass is 474 g/mol. The number of carbonyl (C=O) groups excluding carboxylic acids is 2. The first-order valence-corrected chi connectivity index (χ1v) is 11.5. The number of nitrogens with one attached hydrogen (secondary N) is 1. The van der Waals surface area contributed by atoms with Crippen LogP contribution in [-0.4, -0.2) is 56.7 Å². The van der Waals surface area contributed by atoms with Gasteiger partial charge in [0.05, 0.1) is 21.3 Å². The topological polar surface area (TPSA) is 77.1 Å². The Morgan fingerprint density at radius 3 is 2.37 bits per heavy atom. The van der Waals surface area contributed by atoms with E-state index in [2.05, 4.69) is 5.32 Å². The van der Waals surface area contributed by atoms with Gasteiger partial charge in [-0.25, -0.2) is 0 Å². The molecule has 1 N–H and O–H groups in total. The molecule has 0 aliphatic carbocycles. The van der Waals surface area contributed by atoms with Crippen LogP contribution in [0.15, 0.2) is 72.8 Å². The predicted octanol–water partition coefficient (Wildman–Crippen LogP) is 3.92. The fourth-order valence-corrected chi connectivity index (χ4v) is 4.67. The third kappa shape index (κ3) is 5.30. The van der Waals surface area contributed by atoms with Crippen LogP contribution in [-0.2, 0) is 16.1 Å². The molecule has 3 aromatic carbocycles. The molecule has 1 amide bonds. The Bertz CT molecular complexity index is 1180. The summed E-state index contributed by atoms with van der Waals surface area (Å²) in [6, 6.07) is 22.3. The molecular weight excluding hydrogens is 444 g/mol. The third-order valence-corrected chi connectivity index (χ3v) is 6.33. The highest BCUT2D eigenvalue weighted by atomic mass is 16.5. The van der Waals surface area contributed by atoms with Crippen LogP contribution in [0.4, 0.5) is 0 Å². The molecule has 1 heterocycles. The molecule has 3 aromatic rings. The van der Waals surface area contributed by atoms with Crippen LogP contribution in [0.2, 0.25) is 0 Å². The van der Waals surface area contributed by atoms with E-state index >= 15 is 0 Å². The van der Waals surface area contributed by atoms with Crippen LogP contribution in [0.5, 0.6) is 11.5 Å². The number of hydrogen-bond acceptors (Lipinski definition) is 6. The number of nitrogens with zero attached hydrogens (tertiary/aromatic N) is 1. The summed E-state index contributed by atoms with van der Waals surface area (Å²) in [5.41, 5.74) is 3.33. The zero-order valence-electron chi connectivity index (χ0n) is 20.2. The number of ether oxygens (including phenoxy) is 3. The van der Waals surface area contributed by atoms with Crippen molar-refractivity contribution >= 4 is 11.9 Å². The molecule has 1 fully saturated rings. The maximum atomic E-state index is 13.3. The average Bonchev–Trinajstić information content (AvgIpc) is 3.30. The molecule has 0 aromatic heterocycles. The molecule has 7 nitrogen and oxygen atoms in total. The zero-order chi connectivity index (χ0) is 24.8. The van der Waals surface area contributed by atoms with Crippen molar-refractivity contribution in [3.05, 3.63) is 83.9 Å². The van der Waals surface area contributed by atoms with Crippen LogP contribution in [0.25, 0.3) is 11.1 Å². The van der Waals surface area contributed by atoms with E-state index in [1.54, 1.807) is 14.2 Å². The van der Waals surface area contributed by atoms with Gasteiger partial charge >= 0.3 is 5.97 Å². The van der Waals surface area contributed by atoms with Gasteiger partial charge in [-0.3, -0.25) is 14.5 Å². The molecule has 0 bridgehead atoms. The molecule has 1 aliphatic rings. The van der Waals surface area contributed by atoms with Crippen molar-refractivity contribution in [3.8, 4) is 22.6 Å². The van der Waals surface area contributed by atoms with E-state index in [1.165, 1.54) is 7.11 Å². The minimum Gasteiger partial charge on any atom is -0.493 e. The lowest BCUT2D eigenvalue weighted by Crippen LogP contribution is -2.38. The molecule has 182 valence electrons. The molecule has 1 aliphatic heterocycles. The van der Waals surface area contributed by atoms with Gasteiger partial charge in [-0.1, -0.05) is 60.7 Å². The molecule has 4 rings (SSSR count). The Balaban J connectivity index is 1.54. The average molecular weight is 475 g/mol. The normalized spacial score (nSPS) is 17.6. The van der Waals surface area contributed by atoms with E-state index in [-0.39, 0.29) is 17.9 Å². The summed E-state index contributed by atoms with van der Waals surface area (Å²) < 4.78 is 16.1. The van der Waals surface area contributed by atoms with E-state index in [0.717, 1.165) is 16.7 Å². The SMILES string of the molecule is COC(=O)[C@@H]1C[C@@H](NC(=O)c2ccccc2-c2ccccc2)CN1Cc1cccc(OC)c1OC. The standard InChI is InChI=1S/C28H30N2O5/c1-33-25-15-9-12-20(26(25)34-2)17-30-18-21(16-24(30)28(32)35-3)29-27(31)23-14-8-7-13-22(23)19-10-5-4-6-11-19/h4-15,21,24H,16-18H2,1-3H3,(H,29,31)/t21-,24+/m1/s1. The molecule has 2 atom stereocenters. The number of carbonyl (C=O) groups is 2. The predicted molar refractivity (Wildman–Crippen MR) is 134 cm³/mol. The fraction of sp³-hybridized carbons (Fsp3) is 0.286. The van der Waals surface area contributed by atoms with Crippen molar-refractivity contribution in [1.29, 1.82) is 0 Å². The van der Waals surface area contributed by atoms with Crippen LogP contribution in [0.1, 0.15) is 22.3 Å². The molecule has 0 radical (unpaired) electrons. The number of para-hydroxylation sites is 1. The van der Waals surface area contributed by atoms with Crippen LogP contribution >= 0.6 is 0 Å². The maximum absolute atomic E-state index is 13.3. The first kappa shape index (κ1) is 24.3. The number of esters is 1. The van der Waals surface area contributed by atoms with Gasteiger partial charge in [-0.2, -0.15) is 0 Å². The van der Waals surface area contributed by atoms with Gasteiger partial charge in [0.1, 0.15) is 6.04 Å². The summed E-state index contributed by atoms with van der Waals surface area (Å²) in [6.45, 7) is 0.951. The molecule has 7 heteroatoms. The lowest BCUT2D eigenvalue weighted by atomic mass is 9.99. The third-order valence-electron chi connectivity index (χ3n) is 6.33. The van der Waals surface area contributed by atoms with Crippen LogP contribution in [0, 0.1) is 0 Å². The fourth-order valence-electron chi connectivity index (χ4n) is 4.67. The molecule has 35 heavy (non-hydrogen) atoms. The minimum atomic E-state index is -0.481. The Morgan fingerprint density at radius 1 is 0.914 bits per heavy atom. The number of methoxy groups -OCH3 is 3. The summed E-state index contributed by atoms with van der Waals surface area (Å²) in [5.74, 6) is 0.760. The van der Waals surface area contributed by atoms with Gasteiger partial charge in [0, 0.05) is 30.3 Å². The van der Waals surface area contributed by atoms with Crippen LogP contribution < -0.4 is 14.8 Å². The minimum absolute atomic E-state index is 0.168.